The van der Waals surface area contributed by atoms with Crippen molar-refractivity contribution in [1.82, 2.24) is 4.98 Å². The molecule has 0 aromatic carbocycles. The number of anilines is 1. The largest absolute Gasteiger partial charge is 0.381 e. The zero-order valence-electron chi connectivity index (χ0n) is 8.27. The summed E-state index contributed by atoms with van der Waals surface area (Å²) in [6.45, 7) is 2.26. The van der Waals surface area contributed by atoms with Gasteiger partial charge in [-0.05, 0) is 31.4 Å². The molecule has 0 saturated heterocycles. The zero-order chi connectivity index (χ0) is 9.54. The normalized spacial score (nSPS) is 33.4. The van der Waals surface area contributed by atoms with Gasteiger partial charge in [-0.2, -0.15) is 0 Å². The molecule has 0 fully saturated rings. The van der Waals surface area contributed by atoms with E-state index in [4.69, 9.17) is 0 Å². The van der Waals surface area contributed by atoms with E-state index in [2.05, 4.69) is 35.4 Å². The molecule has 0 saturated carbocycles. The lowest BCUT2D eigenvalue weighted by molar-refractivity contribution is 0.430. The van der Waals surface area contributed by atoms with Crippen molar-refractivity contribution >= 4 is 5.69 Å². The molecule has 1 aromatic rings. The zero-order valence-corrected chi connectivity index (χ0v) is 8.27. The second-order valence-corrected chi connectivity index (χ2v) is 4.22. The third-order valence-corrected chi connectivity index (χ3v) is 3.39. The molecule has 2 heterocycles. The quantitative estimate of drug-likeness (QED) is 0.630. The Balaban J connectivity index is 2.11. The number of pyridine rings is 1. The lowest BCUT2D eigenvalue weighted by Crippen LogP contribution is -2.33. The van der Waals surface area contributed by atoms with E-state index < -0.39 is 0 Å². The van der Waals surface area contributed by atoms with E-state index in [-0.39, 0.29) is 0 Å². The molecule has 14 heavy (non-hydrogen) atoms. The molecule has 1 aliphatic heterocycles. The first-order chi connectivity index (χ1) is 6.86. The number of hydrogen-bond donors (Lipinski definition) is 1. The molecule has 1 aromatic heterocycles. The van der Waals surface area contributed by atoms with E-state index in [9.17, 15) is 0 Å². The SMILES string of the molecule is CC1Nc2cccnc2C2C=CCC12. The first-order valence-corrected chi connectivity index (χ1v) is 5.24. The van der Waals surface area contributed by atoms with Crippen molar-refractivity contribution in [3.8, 4) is 0 Å². The van der Waals surface area contributed by atoms with Crippen LogP contribution in [0.15, 0.2) is 30.5 Å². The first-order valence-electron chi connectivity index (χ1n) is 5.24. The molecule has 2 heteroatoms. The van der Waals surface area contributed by atoms with E-state index in [0.717, 1.165) is 0 Å². The Kier molecular flexibility index (Phi) is 1.63. The summed E-state index contributed by atoms with van der Waals surface area (Å²) in [6, 6.07) is 4.69. The monoisotopic (exact) mass is 186 g/mol. The fourth-order valence-electron chi connectivity index (χ4n) is 2.64. The molecular formula is C12H14N2. The average molecular weight is 186 g/mol. The number of nitrogens with zero attached hydrogens (tertiary/aromatic N) is 1. The maximum atomic E-state index is 4.48. The highest BCUT2D eigenvalue weighted by Gasteiger charge is 2.35. The van der Waals surface area contributed by atoms with Crippen molar-refractivity contribution in [2.45, 2.75) is 25.3 Å². The van der Waals surface area contributed by atoms with E-state index >= 15 is 0 Å². The summed E-state index contributed by atoms with van der Waals surface area (Å²) in [6.07, 6.45) is 7.68. The summed E-state index contributed by atoms with van der Waals surface area (Å²) in [5.41, 5.74) is 2.44. The molecule has 3 rings (SSSR count). The number of hydrogen-bond acceptors (Lipinski definition) is 2. The summed E-state index contributed by atoms with van der Waals surface area (Å²) in [4.78, 5) is 4.48. The fourth-order valence-corrected chi connectivity index (χ4v) is 2.64. The molecule has 1 aliphatic carbocycles. The van der Waals surface area contributed by atoms with Crippen LogP contribution in [0.2, 0.25) is 0 Å². The molecule has 0 spiro atoms. The second-order valence-electron chi connectivity index (χ2n) is 4.22. The van der Waals surface area contributed by atoms with Crippen molar-refractivity contribution < 1.29 is 0 Å². The lowest BCUT2D eigenvalue weighted by Gasteiger charge is -2.34. The Morgan fingerprint density at radius 3 is 3.36 bits per heavy atom. The molecule has 0 amide bonds. The summed E-state index contributed by atoms with van der Waals surface area (Å²) in [5.74, 6) is 1.25. The highest BCUT2D eigenvalue weighted by Crippen LogP contribution is 2.42. The van der Waals surface area contributed by atoms with Crippen molar-refractivity contribution in [2.24, 2.45) is 5.92 Å². The predicted octanol–water partition coefficient (Wildman–Crippen LogP) is 2.56. The summed E-state index contributed by atoms with van der Waals surface area (Å²) in [5, 5.41) is 3.53. The van der Waals surface area contributed by atoms with Gasteiger partial charge in [0.15, 0.2) is 0 Å². The fraction of sp³-hybridized carbons (Fsp3) is 0.417. The van der Waals surface area contributed by atoms with Gasteiger partial charge in [-0.15, -0.1) is 0 Å². The first kappa shape index (κ1) is 8.04. The molecule has 0 bridgehead atoms. The van der Waals surface area contributed by atoms with Crippen LogP contribution in [0, 0.1) is 5.92 Å². The number of rotatable bonds is 0. The minimum Gasteiger partial charge on any atom is -0.381 e. The maximum absolute atomic E-state index is 4.48. The minimum atomic E-state index is 0.544. The Hall–Kier alpha value is -1.31. The van der Waals surface area contributed by atoms with Crippen LogP contribution >= 0.6 is 0 Å². The van der Waals surface area contributed by atoms with Crippen LogP contribution in [0.1, 0.15) is 25.0 Å². The molecule has 0 radical (unpaired) electrons. The van der Waals surface area contributed by atoms with Crippen LogP contribution in [-0.2, 0) is 0 Å². The van der Waals surface area contributed by atoms with Gasteiger partial charge in [0, 0.05) is 18.2 Å². The molecule has 72 valence electrons. The van der Waals surface area contributed by atoms with Crippen molar-refractivity contribution in [1.29, 1.82) is 0 Å². The van der Waals surface area contributed by atoms with Gasteiger partial charge in [0.25, 0.3) is 0 Å². The van der Waals surface area contributed by atoms with Crippen molar-refractivity contribution in [2.75, 3.05) is 5.32 Å². The molecular weight excluding hydrogens is 172 g/mol. The van der Waals surface area contributed by atoms with E-state index in [1.165, 1.54) is 17.8 Å². The van der Waals surface area contributed by atoms with Crippen molar-refractivity contribution in [3.63, 3.8) is 0 Å². The number of fused-ring (bicyclic) bond motifs is 3. The standard InChI is InChI=1S/C12H14N2/c1-8-9-4-2-5-10(9)12-11(14-8)6-3-7-13-12/h2-3,5-10,14H,4H2,1H3. The lowest BCUT2D eigenvalue weighted by atomic mass is 9.83. The Morgan fingerprint density at radius 2 is 2.43 bits per heavy atom. The summed E-state index contributed by atoms with van der Waals surface area (Å²) >= 11 is 0. The molecule has 1 N–H and O–H groups in total. The predicted molar refractivity (Wildman–Crippen MR) is 57.3 cm³/mol. The number of aromatic nitrogens is 1. The molecule has 2 aliphatic rings. The van der Waals surface area contributed by atoms with Crippen LogP contribution in [0.5, 0.6) is 0 Å². The van der Waals surface area contributed by atoms with Gasteiger partial charge in [-0.3, -0.25) is 4.98 Å². The van der Waals surface area contributed by atoms with Gasteiger partial charge < -0.3 is 5.32 Å². The van der Waals surface area contributed by atoms with Crippen LogP contribution < -0.4 is 5.32 Å². The van der Waals surface area contributed by atoms with E-state index in [1.807, 2.05) is 12.3 Å². The van der Waals surface area contributed by atoms with Crippen LogP contribution in [0.25, 0.3) is 0 Å². The van der Waals surface area contributed by atoms with Crippen LogP contribution in [-0.4, -0.2) is 11.0 Å². The smallest absolute Gasteiger partial charge is 0.0706 e. The Morgan fingerprint density at radius 1 is 1.50 bits per heavy atom. The second kappa shape index (κ2) is 2.84. The van der Waals surface area contributed by atoms with Gasteiger partial charge in [-0.1, -0.05) is 12.2 Å². The van der Waals surface area contributed by atoms with Crippen LogP contribution in [0.4, 0.5) is 5.69 Å². The number of nitrogens with one attached hydrogen (secondary N) is 1. The minimum absolute atomic E-state index is 0.544. The Bertz CT molecular complexity index is 384. The third-order valence-electron chi connectivity index (χ3n) is 3.39. The summed E-state index contributed by atoms with van der Waals surface area (Å²) in [7, 11) is 0. The summed E-state index contributed by atoms with van der Waals surface area (Å²) < 4.78 is 0. The van der Waals surface area contributed by atoms with Gasteiger partial charge in [0.1, 0.15) is 0 Å². The van der Waals surface area contributed by atoms with Crippen molar-refractivity contribution in [3.05, 3.63) is 36.2 Å². The Labute approximate surface area is 84.1 Å². The van der Waals surface area contributed by atoms with E-state index in [0.29, 0.717) is 17.9 Å². The molecule has 3 unspecified atom stereocenters. The van der Waals surface area contributed by atoms with Gasteiger partial charge in [-0.25, -0.2) is 0 Å². The highest BCUT2D eigenvalue weighted by atomic mass is 15.0. The highest BCUT2D eigenvalue weighted by molar-refractivity contribution is 5.54. The molecule has 2 nitrogen and oxygen atoms in total. The van der Waals surface area contributed by atoms with E-state index in [1.54, 1.807) is 0 Å². The van der Waals surface area contributed by atoms with Crippen LogP contribution in [0.3, 0.4) is 0 Å². The molecule has 3 atom stereocenters. The maximum Gasteiger partial charge on any atom is 0.0706 e. The average Bonchev–Trinajstić information content (AvgIpc) is 2.67. The number of allylic oxidation sites excluding steroid dienone is 2. The third kappa shape index (κ3) is 0.999. The topological polar surface area (TPSA) is 24.9 Å². The van der Waals surface area contributed by atoms with Gasteiger partial charge >= 0.3 is 0 Å². The van der Waals surface area contributed by atoms with Gasteiger partial charge in [0.2, 0.25) is 0 Å². The van der Waals surface area contributed by atoms with Gasteiger partial charge in [0.05, 0.1) is 11.4 Å².